The number of halogens is 1. The molecule has 0 spiro atoms. The van der Waals surface area contributed by atoms with E-state index in [9.17, 15) is 4.79 Å². The number of rotatable bonds is 4. The summed E-state index contributed by atoms with van der Waals surface area (Å²) in [6.07, 6.45) is 2.24. The Morgan fingerprint density at radius 3 is 3.14 bits per heavy atom. The largest absolute Gasteiger partial charge is 0.367 e. The molecule has 0 aliphatic heterocycles. The van der Waals surface area contributed by atoms with E-state index in [1.807, 2.05) is 6.92 Å². The number of anilines is 1. The lowest BCUT2D eigenvalue weighted by Crippen LogP contribution is -2.29. The van der Waals surface area contributed by atoms with Gasteiger partial charge in [-0.1, -0.05) is 6.92 Å². The molecular formula is C8H13BrN4O. The summed E-state index contributed by atoms with van der Waals surface area (Å²) < 4.78 is 0.406. The molecule has 1 unspecified atom stereocenters. The van der Waals surface area contributed by atoms with Gasteiger partial charge >= 0.3 is 0 Å². The molecule has 0 saturated carbocycles. The van der Waals surface area contributed by atoms with E-state index in [2.05, 4.69) is 31.2 Å². The van der Waals surface area contributed by atoms with Gasteiger partial charge in [0.2, 0.25) is 0 Å². The number of H-pyrrole nitrogens is 1. The molecule has 0 saturated heterocycles. The fourth-order valence-electron chi connectivity index (χ4n) is 0.878. The third-order valence-electron chi connectivity index (χ3n) is 1.85. The van der Waals surface area contributed by atoms with Crippen LogP contribution in [0.3, 0.4) is 0 Å². The number of nitrogens with two attached hydrogens (primary N) is 1. The van der Waals surface area contributed by atoms with Gasteiger partial charge in [-0.15, -0.1) is 0 Å². The first kappa shape index (κ1) is 11.2. The number of aromatic nitrogens is 2. The van der Waals surface area contributed by atoms with Crippen molar-refractivity contribution in [2.45, 2.75) is 19.4 Å². The van der Waals surface area contributed by atoms with Gasteiger partial charge in [-0.25, -0.2) is 4.98 Å². The molecule has 0 aliphatic rings. The highest BCUT2D eigenvalue weighted by Gasteiger charge is 2.05. The summed E-state index contributed by atoms with van der Waals surface area (Å²) in [5, 5.41) is 3.00. The van der Waals surface area contributed by atoms with E-state index in [0.29, 0.717) is 16.8 Å². The molecule has 0 radical (unpaired) electrons. The summed E-state index contributed by atoms with van der Waals surface area (Å²) in [5.74, 6) is 0.526. The molecule has 0 fully saturated rings. The molecule has 14 heavy (non-hydrogen) atoms. The number of aromatic amines is 1. The van der Waals surface area contributed by atoms with Gasteiger partial charge in [-0.3, -0.25) is 4.79 Å². The highest BCUT2D eigenvalue weighted by molar-refractivity contribution is 9.10. The Labute approximate surface area is 90.2 Å². The second-order valence-corrected chi connectivity index (χ2v) is 3.74. The number of nitrogens with zero attached hydrogens (tertiary/aromatic N) is 1. The van der Waals surface area contributed by atoms with Gasteiger partial charge in [0.1, 0.15) is 10.3 Å². The zero-order valence-corrected chi connectivity index (χ0v) is 9.47. The van der Waals surface area contributed by atoms with Crippen LogP contribution < -0.4 is 16.6 Å². The molecule has 78 valence electrons. The van der Waals surface area contributed by atoms with Crippen molar-refractivity contribution >= 4 is 21.7 Å². The Morgan fingerprint density at radius 2 is 2.50 bits per heavy atom. The first-order valence-electron chi connectivity index (χ1n) is 4.37. The van der Waals surface area contributed by atoms with Crippen molar-refractivity contribution in [3.63, 3.8) is 0 Å². The normalized spacial score (nSPS) is 12.5. The maximum atomic E-state index is 11.1. The van der Waals surface area contributed by atoms with Gasteiger partial charge in [0.25, 0.3) is 5.56 Å². The fourth-order valence-corrected chi connectivity index (χ4v) is 1.24. The topological polar surface area (TPSA) is 83.8 Å². The van der Waals surface area contributed by atoms with Crippen molar-refractivity contribution < 1.29 is 0 Å². The summed E-state index contributed by atoms with van der Waals surface area (Å²) in [4.78, 5) is 17.6. The van der Waals surface area contributed by atoms with Crippen LogP contribution >= 0.6 is 15.9 Å². The summed E-state index contributed by atoms with van der Waals surface area (Å²) >= 11 is 3.14. The molecule has 0 aromatic carbocycles. The second-order valence-electron chi connectivity index (χ2n) is 2.94. The van der Waals surface area contributed by atoms with Gasteiger partial charge in [-0.05, 0) is 22.4 Å². The Morgan fingerprint density at radius 1 is 1.79 bits per heavy atom. The Kier molecular flexibility index (Phi) is 4.09. The number of hydrogen-bond donors (Lipinski definition) is 3. The van der Waals surface area contributed by atoms with Crippen LogP contribution in [-0.2, 0) is 0 Å². The maximum Gasteiger partial charge on any atom is 0.267 e. The van der Waals surface area contributed by atoms with Gasteiger partial charge in [-0.2, -0.15) is 0 Å². The number of hydrogen-bond acceptors (Lipinski definition) is 4. The van der Waals surface area contributed by atoms with E-state index in [0.717, 1.165) is 6.42 Å². The lowest BCUT2D eigenvalue weighted by Gasteiger charge is -2.10. The summed E-state index contributed by atoms with van der Waals surface area (Å²) in [5.41, 5.74) is 5.52. The van der Waals surface area contributed by atoms with Crippen LogP contribution in [0.15, 0.2) is 15.6 Å². The van der Waals surface area contributed by atoms with Gasteiger partial charge in [0, 0.05) is 12.6 Å². The minimum Gasteiger partial charge on any atom is -0.367 e. The van der Waals surface area contributed by atoms with Crippen molar-refractivity contribution in [2.75, 3.05) is 11.9 Å². The SMILES string of the molecule is CCC(N)CNc1nc[nH]c(=O)c1Br. The smallest absolute Gasteiger partial charge is 0.267 e. The summed E-state index contributed by atoms with van der Waals surface area (Å²) in [6.45, 7) is 2.61. The average molecular weight is 261 g/mol. The van der Waals surface area contributed by atoms with Gasteiger partial charge in [0.15, 0.2) is 0 Å². The first-order chi connectivity index (χ1) is 6.65. The highest BCUT2D eigenvalue weighted by atomic mass is 79.9. The van der Waals surface area contributed by atoms with E-state index in [1.165, 1.54) is 6.33 Å². The fraction of sp³-hybridized carbons (Fsp3) is 0.500. The minimum atomic E-state index is -0.201. The van der Waals surface area contributed by atoms with Crippen LogP contribution in [0.25, 0.3) is 0 Å². The van der Waals surface area contributed by atoms with Gasteiger partial charge in [0.05, 0.1) is 6.33 Å². The Balaban J connectivity index is 2.68. The lowest BCUT2D eigenvalue weighted by molar-refractivity contribution is 0.677. The quantitative estimate of drug-likeness (QED) is 0.744. The van der Waals surface area contributed by atoms with Crippen LogP contribution in [0.4, 0.5) is 5.82 Å². The molecule has 1 heterocycles. The van der Waals surface area contributed by atoms with E-state index >= 15 is 0 Å². The van der Waals surface area contributed by atoms with E-state index in [4.69, 9.17) is 5.73 Å². The van der Waals surface area contributed by atoms with E-state index in [-0.39, 0.29) is 11.6 Å². The maximum absolute atomic E-state index is 11.1. The molecule has 0 bridgehead atoms. The lowest BCUT2D eigenvalue weighted by atomic mass is 10.2. The predicted molar refractivity (Wildman–Crippen MR) is 59.3 cm³/mol. The molecule has 1 aromatic heterocycles. The zero-order valence-electron chi connectivity index (χ0n) is 7.88. The minimum absolute atomic E-state index is 0.0722. The van der Waals surface area contributed by atoms with Crippen LogP contribution in [0.2, 0.25) is 0 Å². The molecule has 6 heteroatoms. The average Bonchev–Trinajstić information content (AvgIpc) is 2.20. The molecule has 1 atom stereocenters. The molecular weight excluding hydrogens is 248 g/mol. The first-order valence-corrected chi connectivity index (χ1v) is 5.17. The monoisotopic (exact) mass is 260 g/mol. The van der Waals surface area contributed by atoms with Crippen molar-refractivity contribution in [3.8, 4) is 0 Å². The van der Waals surface area contributed by atoms with Crippen molar-refractivity contribution in [2.24, 2.45) is 5.73 Å². The van der Waals surface area contributed by atoms with Crippen LogP contribution in [0, 0.1) is 0 Å². The van der Waals surface area contributed by atoms with E-state index < -0.39 is 0 Å². The van der Waals surface area contributed by atoms with Crippen LogP contribution in [0.1, 0.15) is 13.3 Å². The second kappa shape index (κ2) is 5.11. The number of nitrogens with one attached hydrogen (secondary N) is 2. The molecule has 1 rings (SSSR count). The third-order valence-corrected chi connectivity index (χ3v) is 2.59. The third kappa shape index (κ3) is 2.81. The Hall–Kier alpha value is -0.880. The summed E-state index contributed by atoms with van der Waals surface area (Å²) in [7, 11) is 0. The standard InChI is InChI=1S/C8H13BrN4O/c1-2-5(10)3-11-7-6(9)8(14)13-4-12-7/h4-5H,2-3,10H2,1H3,(H2,11,12,13,14). The van der Waals surface area contributed by atoms with Crippen LogP contribution in [0.5, 0.6) is 0 Å². The molecule has 0 amide bonds. The zero-order chi connectivity index (χ0) is 10.6. The highest BCUT2D eigenvalue weighted by Crippen LogP contribution is 2.12. The summed E-state index contributed by atoms with van der Waals surface area (Å²) in [6, 6.07) is 0.0722. The van der Waals surface area contributed by atoms with Crippen LogP contribution in [-0.4, -0.2) is 22.6 Å². The molecule has 0 aliphatic carbocycles. The molecule has 1 aromatic rings. The van der Waals surface area contributed by atoms with Crippen molar-refractivity contribution in [1.82, 2.24) is 9.97 Å². The molecule has 4 N–H and O–H groups in total. The van der Waals surface area contributed by atoms with E-state index in [1.54, 1.807) is 0 Å². The molecule has 5 nitrogen and oxygen atoms in total. The predicted octanol–water partition coefficient (Wildman–Crippen LogP) is 0.682. The Bertz CT molecular complexity index is 351. The van der Waals surface area contributed by atoms with Crippen molar-refractivity contribution in [3.05, 3.63) is 21.2 Å². The van der Waals surface area contributed by atoms with Gasteiger partial charge < -0.3 is 16.0 Å². The van der Waals surface area contributed by atoms with Crippen molar-refractivity contribution in [1.29, 1.82) is 0 Å².